The van der Waals surface area contributed by atoms with E-state index in [2.05, 4.69) is 13.8 Å². The van der Waals surface area contributed by atoms with Crippen molar-refractivity contribution in [2.45, 2.75) is 20.3 Å². The molecule has 0 radical (unpaired) electrons. The van der Waals surface area contributed by atoms with Gasteiger partial charge in [0.25, 0.3) is 5.91 Å². The number of hydrogen-bond acceptors (Lipinski definition) is 3. The third-order valence-corrected chi connectivity index (χ3v) is 3.24. The second-order valence-corrected chi connectivity index (χ2v) is 5.43. The first kappa shape index (κ1) is 16.0. The Morgan fingerprint density at radius 1 is 1.42 bits per heavy atom. The molecule has 0 bridgehead atoms. The topological polar surface area (TPSA) is 60.8 Å². The smallest absolute Gasteiger partial charge is 0.423 e. The summed E-state index contributed by atoms with van der Waals surface area (Å²) in [6.07, 6.45) is 0.934. The lowest BCUT2D eigenvalue weighted by Crippen LogP contribution is -2.32. The van der Waals surface area contributed by atoms with Crippen molar-refractivity contribution in [1.82, 2.24) is 4.90 Å². The van der Waals surface area contributed by atoms with Gasteiger partial charge in [-0.3, -0.25) is 4.79 Å². The van der Waals surface area contributed by atoms with Gasteiger partial charge in [-0.2, -0.15) is 0 Å². The molecule has 1 aromatic carbocycles. The Morgan fingerprint density at radius 3 is 2.53 bits per heavy atom. The van der Waals surface area contributed by atoms with E-state index in [0.29, 0.717) is 18.0 Å². The zero-order valence-corrected chi connectivity index (χ0v) is 12.2. The normalized spacial score (nSPS) is 10.7. The summed E-state index contributed by atoms with van der Waals surface area (Å²) in [5.41, 5.74) is 0.642. The number of rotatable bonds is 5. The maximum atomic E-state index is 12.1. The number of benzene rings is 1. The predicted molar refractivity (Wildman–Crippen MR) is 77.7 cm³/mol. The molecule has 0 unspecified atom stereocenters. The van der Waals surface area contributed by atoms with E-state index in [0.717, 1.165) is 6.42 Å². The Labute approximate surface area is 119 Å². The molecule has 2 N–H and O–H groups in total. The average molecular weight is 284 g/mol. The van der Waals surface area contributed by atoms with Crippen molar-refractivity contribution in [2.24, 2.45) is 5.92 Å². The summed E-state index contributed by atoms with van der Waals surface area (Å²) in [5, 5.41) is 18.3. The summed E-state index contributed by atoms with van der Waals surface area (Å²) in [7, 11) is 0.114. The SMILES string of the molecule is CC(C)CCN(C)C(=O)c1ccc(B(O)O)c(Cl)c1. The number of carbonyl (C=O) groups excluding carboxylic acids is 1. The predicted octanol–water partition coefficient (Wildman–Crippen LogP) is 1.14. The molecule has 1 aromatic rings. The fourth-order valence-corrected chi connectivity index (χ4v) is 1.92. The Bertz CT molecular complexity index is 452. The largest absolute Gasteiger partial charge is 0.489 e. The van der Waals surface area contributed by atoms with Crippen LogP contribution < -0.4 is 5.46 Å². The van der Waals surface area contributed by atoms with Gasteiger partial charge in [0.05, 0.1) is 0 Å². The maximum absolute atomic E-state index is 12.1. The fourth-order valence-electron chi connectivity index (χ4n) is 1.64. The molecule has 6 heteroatoms. The highest BCUT2D eigenvalue weighted by Gasteiger charge is 2.18. The van der Waals surface area contributed by atoms with Crippen molar-refractivity contribution in [3.63, 3.8) is 0 Å². The molecular weight excluding hydrogens is 264 g/mol. The summed E-state index contributed by atoms with van der Waals surface area (Å²) in [4.78, 5) is 13.8. The lowest BCUT2D eigenvalue weighted by Gasteiger charge is -2.18. The van der Waals surface area contributed by atoms with Gasteiger partial charge < -0.3 is 14.9 Å². The first-order valence-corrected chi connectivity index (χ1v) is 6.61. The van der Waals surface area contributed by atoms with Gasteiger partial charge in [-0.05, 0) is 24.5 Å². The van der Waals surface area contributed by atoms with Gasteiger partial charge in [0.2, 0.25) is 0 Å². The summed E-state index contributed by atoms with van der Waals surface area (Å²) < 4.78 is 0. The van der Waals surface area contributed by atoms with E-state index in [4.69, 9.17) is 21.6 Å². The van der Waals surface area contributed by atoms with Crippen LogP contribution in [0.5, 0.6) is 0 Å². The second-order valence-electron chi connectivity index (χ2n) is 5.02. The first-order chi connectivity index (χ1) is 8.82. The number of carbonyl (C=O) groups is 1. The lowest BCUT2D eigenvalue weighted by atomic mass is 9.80. The molecule has 0 saturated carbocycles. The zero-order valence-electron chi connectivity index (χ0n) is 11.4. The minimum absolute atomic E-state index is 0.124. The van der Waals surface area contributed by atoms with E-state index in [-0.39, 0.29) is 16.4 Å². The van der Waals surface area contributed by atoms with E-state index < -0.39 is 7.12 Å². The summed E-state index contributed by atoms with van der Waals surface area (Å²) >= 11 is 5.91. The molecule has 0 aromatic heterocycles. The van der Waals surface area contributed by atoms with Crippen LogP contribution in [0.25, 0.3) is 0 Å². The van der Waals surface area contributed by atoms with Crippen molar-refractivity contribution >= 4 is 30.1 Å². The van der Waals surface area contributed by atoms with Gasteiger partial charge >= 0.3 is 7.12 Å². The van der Waals surface area contributed by atoms with Crippen LogP contribution >= 0.6 is 11.6 Å². The zero-order chi connectivity index (χ0) is 14.6. The standard InChI is InChI=1S/C13H19BClNO3/c1-9(2)6-7-16(3)13(17)10-4-5-11(14(18)19)12(15)8-10/h4-5,8-9,18-19H,6-7H2,1-3H3. The molecule has 0 saturated heterocycles. The highest BCUT2D eigenvalue weighted by molar-refractivity contribution is 6.62. The monoisotopic (exact) mass is 283 g/mol. The van der Waals surface area contributed by atoms with Gasteiger partial charge in [0.15, 0.2) is 0 Å². The Balaban J connectivity index is 2.80. The van der Waals surface area contributed by atoms with Crippen LogP contribution in [0.15, 0.2) is 18.2 Å². The molecule has 1 rings (SSSR count). The van der Waals surface area contributed by atoms with Crippen molar-refractivity contribution < 1.29 is 14.8 Å². The van der Waals surface area contributed by atoms with Gasteiger partial charge in [-0.15, -0.1) is 0 Å². The van der Waals surface area contributed by atoms with E-state index in [9.17, 15) is 4.79 Å². The van der Waals surface area contributed by atoms with Crippen LogP contribution in [0.2, 0.25) is 5.02 Å². The second kappa shape index (κ2) is 6.94. The Kier molecular flexibility index (Phi) is 5.85. The minimum atomic E-state index is -1.63. The Hall–Kier alpha value is -1.04. The molecule has 0 aliphatic rings. The summed E-state index contributed by atoms with van der Waals surface area (Å²) in [6.45, 7) is 4.89. The van der Waals surface area contributed by atoms with Crippen LogP contribution in [-0.4, -0.2) is 41.6 Å². The van der Waals surface area contributed by atoms with Gasteiger partial charge in [-0.25, -0.2) is 0 Å². The van der Waals surface area contributed by atoms with Gasteiger partial charge in [0.1, 0.15) is 0 Å². The number of nitrogens with zero attached hydrogens (tertiary/aromatic N) is 1. The quantitative estimate of drug-likeness (QED) is 0.797. The first-order valence-electron chi connectivity index (χ1n) is 6.24. The molecular formula is C13H19BClNO3. The third-order valence-electron chi connectivity index (χ3n) is 2.91. The molecule has 0 aliphatic heterocycles. The highest BCUT2D eigenvalue weighted by atomic mass is 35.5. The van der Waals surface area contributed by atoms with Crippen LogP contribution in [0.3, 0.4) is 0 Å². The highest BCUT2D eigenvalue weighted by Crippen LogP contribution is 2.12. The lowest BCUT2D eigenvalue weighted by molar-refractivity contribution is 0.0789. The molecule has 1 amide bonds. The maximum Gasteiger partial charge on any atom is 0.489 e. The van der Waals surface area contributed by atoms with E-state index >= 15 is 0 Å². The van der Waals surface area contributed by atoms with Crippen LogP contribution in [0.1, 0.15) is 30.6 Å². The molecule has 4 nitrogen and oxygen atoms in total. The number of hydrogen-bond donors (Lipinski definition) is 2. The molecule has 0 atom stereocenters. The molecule has 0 aliphatic carbocycles. The molecule has 19 heavy (non-hydrogen) atoms. The van der Waals surface area contributed by atoms with Crippen LogP contribution in [0.4, 0.5) is 0 Å². The molecule has 0 fully saturated rings. The van der Waals surface area contributed by atoms with E-state index in [1.165, 1.54) is 12.1 Å². The Morgan fingerprint density at radius 2 is 2.05 bits per heavy atom. The molecule has 104 valence electrons. The molecule has 0 heterocycles. The van der Waals surface area contributed by atoms with Crippen LogP contribution in [0, 0.1) is 5.92 Å². The molecule has 0 spiro atoms. The average Bonchev–Trinajstić information content (AvgIpc) is 2.34. The van der Waals surface area contributed by atoms with Crippen molar-refractivity contribution in [3.8, 4) is 0 Å². The number of halogens is 1. The number of amides is 1. The van der Waals surface area contributed by atoms with E-state index in [1.54, 1.807) is 18.0 Å². The van der Waals surface area contributed by atoms with Crippen molar-refractivity contribution in [2.75, 3.05) is 13.6 Å². The minimum Gasteiger partial charge on any atom is -0.423 e. The van der Waals surface area contributed by atoms with Gasteiger partial charge in [-0.1, -0.05) is 31.5 Å². The summed E-state index contributed by atoms with van der Waals surface area (Å²) in [5.74, 6) is 0.410. The van der Waals surface area contributed by atoms with Crippen LogP contribution in [-0.2, 0) is 0 Å². The summed E-state index contributed by atoms with van der Waals surface area (Å²) in [6, 6.07) is 4.47. The van der Waals surface area contributed by atoms with Gasteiger partial charge in [0, 0.05) is 29.6 Å². The third kappa shape index (κ3) is 4.53. The van der Waals surface area contributed by atoms with Crippen molar-refractivity contribution in [1.29, 1.82) is 0 Å². The fraction of sp³-hybridized carbons (Fsp3) is 0.462. The van der Waals surface area contributed by atoms with Crippen molar-refractivity contribution in [3.05, 3.63) is 28.8 Å². The van der Waals surface area contributed by atoms with E-state index in [1.807, 2.05) is 0 Å².